The molecule has 5 rings (SSSR count). The van der Waals surface area contributed by atoms with Gasteiger partial charge in [-0.25, -0.2) is 0 Å². The Hall–Kier alpha value is -3.74. The Labute approximate surface area is 316 Å². The number of rotatable bonds is 16. The number of aromatic hydroxyl groups is 1. The molecule has 0 aliphatic rings. The molecule has 0 saturated carbocycles. The molecule has 4 heterocycles. The fourth-order valence-electron chi connectivity index (χ4n) is 5.39. The van der Waals surface area contributed by atoms with Crippen LogP contribution in [0.1, 0.15) is 52.8 Å². The van der Waals surface area contributed by atoms with E-state index in [4.69, 9.17) is 0 Å². The van der Waals surface area contributed by atoms with Gasteiger partial charge >= 0.3 is 19.5 Å². The number of nitrogens with zero attached hydrogens (tertiary/aromatic N) is 6. The Kier molecular flexibility index (Phi) is 18.7. The van der Waals surface area contributed by atoms with Gasteiger partial charge < -0.3 is 17.8 Å². The van der Waals surface area contributed by atoms with Crippen LogP contribution in [-0.2, 0) is 89.4 Å². The summed E-state index contributed by atoms with van der Waals surface area (Å²) in [6, 6.07) is 27.7. The number of aromatic nitrogens is 4. The van der Waals surface area contributed by atoms with Gasteiger partial charge in [-0.3, -0.25) is 34.5 Å². The number of hydrogen-bond acceptors (Lipinski definition) is 8. The minimum atomic E-state index is 0. The summed E-state index contributed by atoms with van der Waals surface area (Å²) in [7, 11) is 0. The molecule has 49 heavy (non-hydrogen) atoms. The smallest absolute Gasteiger partial charge is 0.507 e. The summed E-state index contributed by atoms with van der Waals surface area (Å²) >= 11 is 0. The second kappa shape index (κ2) is 22.1. The number of carbonyl (C=O) groups is 1. The number of benzene rings is 1. The van der Waals surface area contributed by atoms with Crippen molar-refractivity contribution in [1.82, 2.24) is 35.1 Å². The third-order valence-corrected chi connectivity index (χ3v) is 7.62. The molecular formula is C38H44N7O2Zn2+. The molecule has 5 aromatic rings. The molecule has 9 nitrogen and oxygen atoms in total. The monoisotopic (exact) mass is 758 g/mol. The largest absolute Gasteiger partial charge is 2.00 e. The minimum absolute atomic E-state index is 0. The Morgan fingerprint density at radius 2 is 1.02 bits per heavy atom. The summed E-state index contributed by atoms with van der Waals surface area (Å²) in [5, 5.41) is 14.8. The van der Waals surface area contributed by atoms with E-state index in [0.717, 1.165) is 39.5 Å². The summed E-state index contributed by atoms with van der Waals surface area (Å²) in [6.07, 6.45) is 8.28. The quantitative estimate of drug-likeness (QED) is 0.0948. The Bertz CT molecular complexity index is 1460. The van der Waals surface area contributed by atoms with Crippen molar-refractivity contribution in [2.24, 2.45) is 0 Å². The van der Waals surface area contributed by atoms with E-state index >= 15 is 0 Å². The Balaban J connectivity index is 0.00000278. The van der Waals surface area contributed by atoms with E-state index < -0.39 is 0 Å². The first-order valence-corrected chi connectivity index (χ1v) is 15.7. The third kappa shape index (κ3) is 13.6. The summed E-state index contributed by atoms with van der Waals surface area (Å²) < 4.78 is 0. The van der Waals surface area contributed by atoms with E-state index in [9.17, 15) is 9.90 Å². The summed E-state index contributed by atoms with van der Waals surface area (Å²) in [5.74, 6) is 0.286. The van der Waals surface area contributed by atoms with Crippen LogP contribution in [0.5, 0.6) is 5.75 Å². The van der Waals surface area contributed by atoms with Crippen molar-refractivity contribution < 1.29 is 48.9 Å². The van der Waals surface area contributed by atoms with Crippen molar-refractivity contribution >= 4 is 5.91 Å². The van der Waals surface area contributed by atoms with Crippen molar-refractivity contribution in [2.45, 2.75) is 59.0 Å². The molecule has 246 valence electrons. The molecule has 1 amide bonds. The van der Waals surface area contributed by atoms with Gasteiger partial charge in [0.05, 0.1) is 22.8 Å². The van der Waals surface area contributed by atoms with Gasteiger partial charge in [0.15, 0.2) is 0 Å². The maximum absolute atomic E-state index is 12.0. The van der Waals surface area contributed by atoms with Crippen LogP contribution in [0.2, 0.25) is 0 Å². The van der Waals surface area contributed by atoms with Crippen molar-refractivity contribution in [3.63, 3.8) is 0 Å². The Morgan fingerprint density at radius 3 is 1.33 bits per heavy atom. The molecule has 4 aromatic heterocycles. The molecule has 2 N–H and O–H groups in total. The molecule has 0 saturated heterocycles. The molecule has 1 aromatic carbocycles. The zero-order valence-electron chi connectivity index (χ0n) is 28.7. The number of pyridine rings is 4. The van der Waals surface area contributed by atoms with Crippen LogP contribution < -0.4 is 5.32 Å². The van der Waals surface area contributed by atoms with E-state index in [1.165, 1.54) is 0 Å². The molecule has 11 heteroatoms. The van der Waals surface area contributed by atoms with E-state index in [2.05, 4.69) is 47.2 Å². The fraction of sp³-hybridized carbons (Fsp3) is 0.263. The number of hydrogen-bond donors (Lipinski definition) is 2. The zero-order valence-corrected chi connectivity index (χ0v) is 34.6. The van der Waals surface area contributed by atoms with Gasteiger partial charge in [-0.2, -0.15) is 0 Å². The van der Waals surface area contributed by atoms with Gasteiger partial charge in [-0.15, -0.1) is 0 Å². The predicted molar refractivity (Wildman–Crippen MR) is 184 cm³/mol. The first-order valence-electron chi connectivity index (χ1n) is 15.7. The number of carbonyl (C=O) groups excluding carboxylic acids is 1. The molecule has 0 spiro atoms. The zero-order chi connectivity index (χ0) is 32.0. The van der Waals surface area contributed by atoms with Gasteiger partial charge in [-0.05, 0) is 60.5 Å². The van der Waals surface area contributed by atoms with E-state index in [-0.39, 0.29) is 58.0 Å². The van der Waals surface area contributed by atoms with Gasteiger partial charge in [0.25, 0.3) is 0 Å². The van der Waals surface area contributed by atoms with Crippen molar-refractivity contribution in [1.29, 1.82) is 0 Å². The average Bonchev–Trinajstić information content (AvgIpc) is 3.08. The van der Waals surface area contributed by atoms with Crippen LogP contribution in [-0.4, -0.2) is 47.3 Å². The second-order valence-corrected chi connectivity index (χ2v) is 11.3. The van der Waals surface area contributed by atoms with E-state index in [0.29, 0.717) is 58.7 Å². The van der Waals surface area contributed by atoms with Gasteiger partial charge in [0, 0.05) is 108 Å². The molecule has 0 atom stereocenters. The van der Waals surface area contributed by atoms with Crippen LogP contribution in [0.15, 0.2) is 110 Å². The normalized spacial score (nSPS) is 10.5. The topological polar surface area (TPSA) is 107 Å². The first kappa shape index (κ1) is 41.4. The summed E-state index contributed by atoms with van der Waals surface area (Å²) in [5.41, 5.74) is 6.43. The SMILES string of the molecule is CCC(=O)NCCc1cc(CN(Cc2ccccn2)Cc2ccccn2)c(O)c(CN(Cc2ccccn2)Cc2ccccn2)c1.[CH3-].[Zn+2].[Zn]. The first-order chi connectivity index (χ1) is 22.6. The van der Waals surface area contributed by atoms with Crippen LogP contribution in [0.25, 0.3) is 0 Å². The minimum Gasteiger partial charge on any atom is -0.507 e. The van der Waals surface area contributed by atoms with Crippen molar-refractivity contribution in [2.75, 3.05) is 6.54 Å². The molecule has 0 radical (unpaired) electrons. The van der Waals surface area contributed by atoms with Crippen molar-refractivity contribution in [3.8, 4) is 5.75 Å². The third-order valence-electron chi connectivity index (χ3n) is 7.62. The summed E-state index contributed by atoms with van der Waals surface area (Å²) in [4.78, 5) is 34.7. The number of nitrogens with one attached hydrogen (secondary N) is 1. The number of phenolic OH excluding ortho intramolecular Hbond substituents is 1. The summed E-state index contributed by atoms with van der Waals surface area (Å²) in [6.45, 7) is 5.71. The second-order valence-electron chi connectivity index (χ2n) is 11.3. The number of amides is 1. The van der Waals surface area contributed by atoms with Gasteiger partial charge in [0.2, 0.25) is 5.91 Å². The van der Waals surface area contributed by atoms with Gasteiger partial charge in [-0.1, -0.05) is 43.3 Å². The molecule has 0 bridgehead atoms. The van der Waals surface area contributed by atoms with Crippen LogP contribution >= 0.6 is 0 Å². The molecule has 0 aliphatic carbocycles. The molecule has 0 fully saturated rings. The van der Waals surface area contributed by atoms with Crippen LogP contribution in [0.3, 0.4) is 0 Å². The van der Waals surface area contributed by atoms with E-state index in [1.54, 1.807) is 24.8 Å². The fourth-order valence-corrected chi connectivity index (χ4v) is 5.39. The molecular weight excluding hydrogens is 717 g/mol. The maximum atomic E-state index is 12.0. The molecule has 0 aliphatic heterocycles. The standard InChI is InChI=1S/C37H41N7O2.CH3.2Zn/c1-2-36(45)42-20-15-29-21-30(23-43(25-32-11-3-7-16-38-32)26-33-12-4-8-17-39-33)37(46)31(22-29)24-44(27-34-13-5-9-18-40-34)28-35-14-6-10-19-41-35;;;/h3-14,16-19,21-22,46H,2,15,20,23-28H2,1H3,(H,42,45);1H3;;/q;-1;;+2. The molecule has 0 unspecified atom stereocenters. The average molecular weight is 762 g/mol. The Morgan fingerprint density at radius 1 is 0.653 bits per heavy atom. The van der Waals surface area contributed by atoms with Crippen LogP contribution in [0.4, 0.5) is 0 Å². The number of phenols is 1. The van der Waals surface area contributed by atoms with E-state index in [1.807, 2.05) is 79.7 Å². The van der Waals surface area contributed by atoms with Crippen molar-refractivity contribution in [3.05, 3.63) is 157 Å². The van der Waals surface area contributed by atoms with Gasteiger partial charge in [0.1, 0.15) is 5.75 Å². The predicted octanol–water partition coefficient (Wildman–Crippen LogP) is 5.89. The van der Waals surface area contributed by atoms with Crippen LogP contribution in [0, 0.1) is 7.43 Å². The maximum Gasteiger partial charge on any atom is 2.00 e.